The molecule has 1 unspecified atom stereocenters. The first kappa shape index (κ1) is 13.4. The highest BCUT2D eigenvalue weighted by molar-refractivity contribution is 6.35. The third kappa shape index (κ3) is 2.71. The first-order valence-electron chi connectivity index (χ1n) is 5.83. The number of carbonyl (C=O) groups excluding carboxylic acids is 1. The van der Waals surface area contributed by atoms with Gasteiger partial charge in [-0.2, -0.15) is 0 Å². The van der Waals surface area contributed by atoms with E-state index >= 15 is 0 Å². The van der Waals surface area contributed by atoms with Gasteiger partial charge in [0.1, 0.15) is 11.7 Å². The number of hydrogen-bond donors (Lipinski definition) is 3. The summed E-state index contributed by atoms with van der Waals surface area (Å²) in [4.78, 5) is 25.7. The van der Waals surface area contributed by atoms with Crippen molar-refractivity contribution in [2.24, 2.45) is 0 Å². The van der Waals surface area contributed by atoms with Gasteiger partial charge in [0, 0.05) is 5.39 Å². The molecule has 3 N–H and O–H groups in total. The smallest absolute Gasteiger partial charge is 0.326 e. The van der Waals surface area contributed by atoms with E-state index in [1.54, 1.807) is 25.1 Å². The minimum absolute atomic E-state index is 0.294. The Morgan fingerprint density at radius 1 is 1.47 bits per heavy atom. The Morgan fingerprint density at radius 3 is 2.79 bits per heavy atom. The van der Waals surface area contributed by atoms with Crippen LogP contribution in [0.25, 0.3) is 10.9 Å². The molecule has 0 fully saturated rings. The van der Waals surface area contributed by atoms with Crippen LogP contribution >= 0.6 is 11.6 Å². The number of carboxylic acid groups (broad SMARTS) is 1. The number of rotatable bonds is 4. The molecule has 6 heteroatoms. The summed E-state index contributed by atoms with van der Waals surface area (Å²) < 4.78 is 0. The van der Waals surface area contributed by atoms with Crippen LogP contribution in [0.3, 0.4) is 0 Å². The maximum absolute atomic E-state index is 12.0. The van der Waals surface area contributed by atoms with Crippen molar-refractivity contribution in [3.8, 4) is 0 Å². The van der Waals surface area contributed by atoms with Crippen molar-refractivity contribution in [2.45, 2.75) is 19.4 Å². The van der Waals surface area contributed by atoms with E-state index < -0.39 is 17.9 Å². The molecule has 1 aromatic carbocycles. The lowest BCUT2D eigenvalue weighted by molar-refractivity contribution is -0.139. The summed E-state index contributed by atoms with van der Waals surface area (Å²) in [7, 11) is 0. The summed E-state index contributed by atoms with van der Waals surface area (Å²) in [5, 5.41) is 12.7. The van der Waals surface area contributed by atoms with E-state index in [0.29, 0.717) is 22.7 Å². The Balaban J connectivity index is 2.27. The molecule has 19 heavy (non-hydrogen) atoms. The number of benzene rings is 1. The van der Waals surface area contributed by atoms with Crippen LogP contribution in [-0.2, 0) is 4.79 Å². The number of fused-ring (bicyclic) bond motifs is 1. The molecule has 0 bridgehead atoms. The molecule has 5 nitrogen and oxygen atoms in total. The lowest BCUT2D eigenvalue weighted by atomic mass is 10.2. The van der Waals surface area contributed by atoms with Gasteiger partial charge in [-0.3, -0.25) is 4.79 Å². The van der Waals surface area contributed by atoms with Crippen molar-refractivity contribution < 1.29 is 14.7 Å². The van der Waals surface area contributed by atoms with Gasteiger partial charge in [-0.25, -0.2) is 4.79 Å². The molecule has 2 aromatic rings. The first-order chi connectivity index (χ1) is 9.02. The molecule has 0 radical (unpaired) electrons. The van der Waals surface area contributed by atoms with E-state index in [-0.39, 0.29) is 0 Å². The van der Waals surface area contributed by atoms with Crippen molar-refractivity contribution >= 4 is 34.4 Å². The van der Waals surface area contributed by atoms with Crippen LogP contribution in [0.2, 0.25) is 5.02 Å². The van der Waals surface area contributed by atoms with Gasteiger partial charge in [0.15, 0.2) is 0 Å². The Bertz CT molecular complexity index is 636. The molecule has 0 saturated carbocycles. The van der Waals surface area contributed by atoms with Gasteiger partial charge in [0.05, 0.1) is 10.5 Å². The highest BCUT2D eigenvalue weighted by Gasteiger charge is 2.19. The van der Waals surface area contributed by atoms with Crippen LogP contribution in [0.5, 0.6) is 0 Å². The molecule has 1 atom stereocenters. The molecule has 0 saturated heterocycles. The van der Waals surface area contributed by atoms with E-state index in [2.05, 4.69) is 10.3 Å². The monoisotopic (exact) mass is 280 g/mol. The van der Waals surface area contributed by atoms with Gasteiger partial charge in [-0.1, -0.05) is 30.7 Å². The van der Waals surface area contributed by atoms with Gasteiger partial charge in [-0.05, 0) is 18.6 Å². The van der Waals surface area contributed by atoms with Gasteiger partial charge < -0.3 is 15.4 Å². The summed E-state index contributed by atoms with van der Waals surface area (Å²) in [5.74, 6) is -1.51. The molecule has 0 aliphatic carbocycles. The Hall–Kier alpha value is -2.01. The maximum Gasteiger partial charge on any atom is 0.326 e. The summed E-state index contributed by atoms with van der Waals surface area (Å²) in [5.41, 5.74) is 0.959. The number of nitrogens with one attached hydrogen (secondary N) is 2. The maximum atomic E-state index is 12.0. The summed E-state index contributed by atoms with van der Waals surface area (Å²) in [6, 6.07) is 6.07. The van der Waals surface area contributed by atoms with Crippen LogP contribution in [0, 0.1) is 0 Å². The molecular formula is C13H13ClN2O3. The second-order valence-electron chi connectivity index (χ2n) is 4.16. The van der Waals surface area contributed by atoms with Gasteiger partial charge in [0.2, 0.25) is 0 Å². The molecule has 100 valence electrons. The predicted molar refractivity (Wildman–Crippen MR) is 72.5 cm³/mol. The van der Waals surface area contributed by atoms with E-state index in [1.807, 2.05) is 6.07 Å². The van der Waals surface area contributed by atoms with Crippen LogP contribution < -0.4 is 5.32 Å². The Morgan fingerprint density at radius 2 is 2.21 bits per heavy atom. The average Bonchev–Trinajstić information content (AvgIpc) is 2.80. The van der Waals surface area contributed by atoms with Crippen molar-refractivity contribution in [1.29, 1.82) is 0 Å². The Kier molecular flexibility index (Phi) is 3.76. The van der Waals surface area contributed by atoms with Gasteiger partial charge in [0.25, 0.3) is 5.91 Å². The SMILES string of the molecule is CCC(NC(=O)c1cc2cccc(Cl)c2[nH]1)C(=O)O. The lowest BCUT2D eigenvalue weighted by Gasteiger charge is -2.10. The highest BCUT2D eigenvalue weighted by Crippen LogP contribution is 2.23. The molecule has 1 aromatic heterocycles. The summed E-state index contributed by atoms with van der Waals surface area (Å²) in [6.07, 6.45) is 0.321. The highest BCUT2D eigenvalue weighted by atomic mass is 35.5. The number of carbonyl (C=O) groups is 2. The number of aliphatic carboxylic acids is 1. The van der Waals surface area contributed by atoms with Crippen molar-refractivity contribution in [1.82, 2.24) is 10.3 Å². The van der Waals surface area contributed by atoms with Crippen molar-refractivity contribution in [3.63, 3.8) is 0 Å². The normalized spacial score (nSPS) is 12.3. The summed E-state index contributed by atoms with van der Waals surface area (Å²) in [6.45, 7) is 1.70. The zero-order chi connectivity index (χ0) is 14.0. The molecular weight excluding hydrogens is 268 g/mol. The van der Waals surface area contributed by atoms with Crippen molar-refractivity contribution in [3.05, 3.63) is 35.0 Å². The topological polar surface area (TPSA) is 82.2 Å². The fraction of sp³-hybridized carbons (Fsp3) is 0.231. The van der Waals surface area contributed by atoms with Gasteiger partial charge >= 0.3 is 5.97 Å². The Labute approximate surface area is 114 Å². The minimum Gasteiger partial charge on any atom is -0.480 e. The third-order valence-electron chi connectivity index (χ3n) is 2.86. The number of aromatic amines is 1. The molecule has 1 amide bonds. The van der Waals surface area contributed by atoms with E-state index in [0.717, 1.165) is 5.39 Å². The molecule has 0 aliphatic rings. The molecule has 0 spiro atoms. The first-order valence-corrected chi connectivity index (χ1v) is 6.21. The number of H-pyrrole nitrogens is 1. The minimum atomic E-state index is -1.05. The number of aromatic nitrogens is 1. The molecule has 2 rings (SSSR count). The second kappa shape index (κ2) is 5.32. The number of amides is 1. The zero-order valence-corrected chi connectivity index (χ0v) is 11.0. The quantitative estimate of drug-likeness (QED) is 0.804. The number of hydrogen-bond acceptors (Lipinski definition) is 2. The fourth-order valence-electron chi connectivity index (χ4n) is 1.82. The van der Waals surface area contributed by atoms with Gasteiger partial charge in [-0.15, -0.1) is 0 Å². The van der Waals surface area contributed by atoms with Crippen LogP contribution in [0.4, 0.5) is 0 Å². The molecule has 1 heterocycles. The lowest BCUT2D eigenvalue weighted by Crippen LogP contribution is -2.40. The largest absolute Gasteiger partial charge is 0.480 e. The fourth-order valence-corrected chi connectivity index (χ4v) is 2.05. The van der Waals surface area contributed by atoms with Crippen LogP contribution in [0.15, 0.2) is 24.3 Å². The number of para-hydroxylation sites is 1. The average molecular weight is 281 g/mol. The van der Waals surface area contributed by atoms with E-state index in [9.17, 15) is 9.59 Å². The van der Waals surface area contributed by atoms with Crippen LogP contribution in [-0.4, -0.2) is 28.0 Å². The number of carboxylic acids is 1. The van der Waals surface area contributed by atoms with Crippen molar-refractivity contribution in [2.75, 3.05) is 0 Å². The van der Waals surface area contributed by atoms with E-state index in [1.165, 1.54) is 0 Å². The molecule has 0 aliphatic heterocycles. The number of halogens is 1. The predicted octanol–water partition coefficient (Wildman–Crippen LogP) is 2.41. The van der Waals surface area contributed by atoms with E-state index in [4.69, 9.17) is 16.7 Å². The second-order valence-corrected chi connectivity index (χ2v) is 4.57. The standard InChI is InChI=1S/C13H13ClN2O3/c1-2-9(13(18)19)16-12(17)10-6-7-4-3-5-8(14)11(7)15-10/h3-6,9,15H,2H2,1H3,(H,16,17)(H,18,19). The zero-order valence-electron chi connectivity index (χ0n) is 10.2. The van der Waals surface area contributed by atoms with Crippen LogP contribution in [0.1, 0.15) is 23.8 Å². The third-order valence-corrected chi connectivity index (χ3v) is 3.18. The summed E-state index contributed by atoms with van der Waals surface area (Å²) >= 11 is 6.00.